The van der Waals surface area contributed by atoms with Crippen molar-refractivity contribution >= 4 is 18.1 Å². The minimum absolute atomic E-state index is 0.0912. The van der Waals surface area contributed by atoms with Crippen molar-refractivity contribution in [1.82, 2.24) is 19.6 Å². The lowest BCUT2D eigenvalue weighted by atomic mass is 9.94. The Hall–Kier alpha value is -2.93. The van der Waals surface area contributed by atoms with Crippen molar-refractivity contribution in [2.75, 3.05) is 32.8 Å². The Balaban J connectivity index is 1.58. The fraction of sp³-hybridized carbons (Fsp3) is 0.500. The fourth-order valence-corrected chi connectivity index (χ4v) is 5.66. The van der Waals surface area contributed by atoms with Crippen molar-refractivity contribution < 1.29 is 13.9 Å². The molecule has 0 aliphatic carbocycles. The van der Waals surface area contributed by atoms with E-state index in [2.05, 4.69) is 40.4 Å². The lowest BCUT2D eigenvalue weighted by molar-refractivity contribution is -0.129. The van der Waals surface area contributed by atoms with Crippen LogP contribution in [0.3, 0.4) is 0 Å². The maximum Gasteiger partial charge on any atom is 0.219 e. The van der Waals surface area contributed by atoms with E-state index in [9.17, 15) is 9.18 Å². The van der Waals surface area contributed by atoms with E-state index in [1.807, 2.05) is 17.9 Å². The number of hydrogen-bond acceptors (Lipinski definition) is 4. The van der Waals surface area contributed by atoms with E-state index in [1.54, 1.807) is 6.92 Å². The molecule has 1 unspecified atom stereocenters. The van der Waals surface area contributed by atoms with Crippen LogP contribution in [0.5, 0.6) is 0 Å². The van der Waals surface area contributed by atoms with E-state index in [4.69, 9.17) is 9.84 Å². The Kier molecular flexibility index (Phi) is 6.78. The van der Waals surface area contributed by atoms with Gasteiger partial charge in [0.15, 0.2) is 0 Å². The lowest BCUT2D eigenvalue weighted by Gasteiger charge is -2.29. The van der Waals surface area contributed by atoms with Crippen LogP contribution in [0.15, 0.2) is 30.5 Å². The van der Waals surface area contributed by atoms with Gasteiger partial charge in [-0.25, -0.2) is 4.39 Å². The number of amides is 1. The normalized spacial score (nSPS) is 21.3. The SMILES string of the molecule is C=Cc1c(/C=C(\C)N2CCC(F)C2)cccc1-c1nn(C2CCOCC2)c2c1CN(C(C)=O)CC2. The topological polar surface area (TPSA) is 50.6 Å². The van der Waals surface area contributed by atoms with Crippen LogP contribution in [-0.4, -0.2) is 64.5 Å². The van der Waals surface area contributed by atoms with Crippen molar-refractivity contribution in [1.29, 1.82) is 0 Å². The number of carbonyl (C=O) groups excluding carboxylic acids is 1. The molecule has 0 N–H and O–H groups in total. The zero-order chi connectivity index (χ0) is 24.5. The molecule has 4 heterocycles. The molecule has 186 valence electrons. The summed E-state index contributed by atoms with van der Waals surface area (Å²) in [4.78, 5) is 16.3. The molecule has 0 saturated carbocycles. The molecule has 2 fully saturated rings. The predicted octanol–water partition coefficient (Wildman–Crippen LogP) is 4.85. The zero-order valence-corrected chi connectivity index (χ0v) is 20.8. The van der Waals surface area contributed by atoms with Gasteiger partial charge >= 0.3 is 0 Å². The molecule has 3 aliphatic rings. The van der Waals surface area contributed by atoms with Crippen molar-refractivity contribution in [2.24, 2.45) is 0 Å². The number of nitrogens with zero attached hydrogens (tertiary/aromatic N) is 4. The summed E-state index contributed by atoms with van der Waals surface area (Å²) in [5, 5.41) is 5.19. The van der Waals surface area contributed by atoms with E-state index in [0.717, 1.165) is 79.2 Å². The van der Waals surface area contributed by atoms with Gasteiger partial charge in [-0.3, -0.25) is 9.48 Å². The summed E-state index contributed by atoms with van der Waals surface area (Å²) < 4.78 is 21.6. The average Bonchev–Trinajstić information content (AvgIpc) is 3.48. The number of halogens is 1. The van der Waals surface area contributed by atoms with E-state index in [0.29, 0.717) is 25.6 Å². The molecule has 35 heavy (non-hydrogen) atoms. The molecule has 1 aromatic heterocycles. The van der Waals surface area contributed by atoms with E-state index in [-0.39, 0.29) is 5.91 Å². The molecule has 5 rings (SSSR count). The molecule has 0 radical (unpaired) electrons. The summed E-state index contributed by atoms with van der Waals surface area (Å²) in [5.74, 6) is 0.0912. The standard InChI is InChI=1S/C28H35FN4O2/c1-4-24-21(16-19(2)31-12-8-22(29)17-31)6-5-7-25(24)28-26-18-32(20(3)34)13-9-27(26)33(30-28)23-10-14-35-15-11-23/h4-7,16,22-23H,1,8-15,17-18H2,2-3H3/b19-16+. The highest BCUT2D eigenvalue weighted by atomic mass is 19.1. The first kappa shape index (κ1) is 23.8. The van der Waals surface area contributed by atoms with Gasteiger partial charge in [0.1, 0.15) is 6.17 Å². The first-order chi connectivity index (χ1) is 17.0. The first-order valence-electron chi connectivity index (χ1n) is 12.7. The Bertz CT molecular complexity index is 1150. The Labute approximate surface area is 207 Å². The molecule has 0 spiro atoms. The van der Waals surface area contributed by atoms with Gasteiger partial charge in [0.25, 0.3) is 0 Å². The van der Waals surface area contributed by atoms with E-state index >= 15 is 0 Å². The van der Waals surface area contributed by atoms with Gasteiger partial charge in [-0.2, -0.15) is 5.10 Å². The third kappa shape index (κ3) is 4.66. The number of carbonyl (C=O) groups is 1. The monoisotopic (exact) mass is 478 g/mol. The maximum atomic E-state index is 13.8. The molecule has 2 saturated heterocycles. The zero-order valence-electron chi connectivity index (χ0n) is 20.8. The number of ether oxygens (including phenoxy) is 1. The Morgan fingerprint density at radius 3 is 2.66 bits per heavy atom. The summed E-state index contributed by atoms with van der Waals surface area (Å²) in [5.41, 5.74) is 7.46. The highest BCUT2D eigenvalue weighted by molar-refractivity contribution is 5.82. The number of fused-ring (bicyclic) bond motifs is 1. The van der Waals surface area contributed by atoms with Gasteiger partial charge < -0.3 is 14.5 Å². The largest absolute Gasteiger partial charge is 0.381 e. The third-order valence-corrected chi connectivity index (χ3v) is 7.66. The van der Waals surface area contributed by atoms with Gasteiger partial charge in [-0.1, -0.05) is 30.9 Å². The van der Waals surface area contributed by atoms with Crippen molar-refractivity contribution in [3.05, 3.63) is 52.9 Å². The molecular formula is C28H35FN4O2. The van der Waals surface area contributed by atoms with Gasteiger partial charge in [0, 0.05) is 75.3 Å². The molecule has 1 aromatic carbocycles. The van der Waals surface area contributed by atoms with Gasteiger partial charge in [-0.05, 0) is 43.4 Å². The second-order valence-electron chi connectivity index (χ2n) is 9.88. The Morgan fingerprint density at radius 1 is 1.17 bits per heavy atom. The number of aromatic nitrogens is 2. The number of likely N-dealkylation sites (tertiary alicyclic amines) is 1. The second-order valence-corrected chi connectivity index (χ2v) is 9.88. The van der Waals surface area contributed by atoms with Crippen LogP contribution in [0, 0.1) is 0 Å². The maximum absolute atomic E-state index is 13.8. The van der Waals surface area contributed by atoms with Crippen LogP contribution in [0.1, 0.15) is 61.5 Å². The summed E-state index contributed by atoms with van der Waals surface area (Å²) >= 11 is 0. The van der Waals surface area contributed by atoms with Crippen LogP contribution >= 0.6 is 0 Å². The van der Waals surface area contributed by atoms with Crippen LogP contribution in [-0.2, 0) is 22.5 Å². The molecule has 7 heteroatoms. The summed E-state index contributed by atoms with van der Waals surface area (Å²) in [6, 6.07) is 6.54. The van der Waals surface area contributed by atoms with E-state index in [1.165, 1.54) is 5.69 Å². The van der Waals surface area contributed by atoms with Crippen molar-refractivity contribution in [3.8, 4) is 11.3 Å². The Morgan fingerprint density at radius 2 is 1.97 bits per heavy atom. The fourth-order valence-electron chi connectivity index (χ4n) is 5.66. The average molecular weight is 479 g/mol. The molecule has 6 nitrogen and oxygen atoms in total. The minimum atomic E-state index is -0.756. The van der Waals surface area contributed by atoms with Gasteiger partial charge in [-0.15, -0.1) is 0 Å². The molecule has 1 atom stereocenters. The summed E-state index contributed by atoms with van der Waals surface area (Å²) in [6.07, 6.45) is 6.55. The van der Waals surface area contributed by atoms with Crippen molar-refractivity contribution in [3.63, 3.8) is 0 Å². The highest BCUT2D eigenvalue weighted by Crippen LogP contribution is 2.37. The van der Waals surface area contributed by atoms with Gasteiger partial charge in [0.05, 0.1) is 11.7 Å². The van der Waals surface area contributed by atoms with Crippen LogP contribution in [0.25, 0.3) is 23.4 Å². The van der Waals surface area contributed by atoms with Crippen LogP contribution in [0.4, 0.5) is 4.39 Å². The van der Waals surface area contributed by atoms with E-state index < -0.39 is 6.17 Å². The number of hydrogen-bond donors (Lipinski definition) is 0. The summed E-state index contributed by atoms with van der Waals surface area (Å²) in [7, 11) is 0. The third-order valence-electron chi connectivity index (χ3n) is 7.66. The highest BCUT2D eigenvalue weighted by Gasteiger charge is 2.31. The summed E-state index contributed by atoms with van der Waals surface area (Å²) in [6.45, 7) is 11.8. The molecular weight excluding hydrogens is 443 g/mol. The molecule has 3 aliphatic heterocycles. The van der Waals surface area contributed by atoms with Crippen molar-refractivity contribution in [2.45, 2.75) is 58.3 Å². The predicted molar refractivity (Wildman–Crippen MR) is 136 cm³/mol. The quantitative estimate of drug-likeness (QED) is 0.616. The first-order valence-corrected chi connectivity index (χ1v) is 12.7. The number of benzene rings is 1. The van der Waals surface area contributed by atoms with Crippen LogP contribution in [0.2, 0.25) is 0 Å². The molecule has 0 bridgehead atoms. The van der Waals surface area contributed by atoms with Crippen LogP contribution < -0.4 is 0 Å². The lowest BCUT2D eigenvalue weighted by Crippen LogP contribution is -2.35. The number of allylic oxidation sites excluding steroid dienone is 1. The number of alkyl halides is 1. The molecule has 1 amide bonds. The smallest absolute Gasteiger partial charge is 0.219 e. The minimum Gasteiger partial charge on any atom is -0.381 e. The molecule has 2 aromatic rings. The van der Waals surface area contributed by atoms with Gasteiger partial charge in [0.2, 0.25) is 5.91 Å². The number of rotatable bonds is 5. The second kappa shape index (κ2) is 9.97.